The molecular weight excluding hydrogens is 703 g/mol. The summed E-state index contributed by atoms with van der Waals surface area (Å²) in [5.41, 5.74) is 5.70. The number of fused-ring (bicyclic) bond motifs is 4. The number of furan rings is 1. The molecule has 0 N–H and O–H groups in total. The Labute approximate surface area is 260 Å². The molecule has 207 valence electrons. The van der Waals surface area contributed by atoms with E-state index in [2.05, 4.69) is 27.1 Å². The Morgan fingerprint density at radius 3 is 2.51 bits per heavy atom. The first-order chi connectivity index (χ1) is 20.1. The predicted octanol–water partition coefficient (Wildman–Crippen LogP) is 9.50. The second-order valence-corrected chi connectivity index (χ2v) is 11.5. The van der Waals surface area contributed by atoms with Crippen molar-refractivity contribution in [2.24, 2.45) is 5.41 Å². The number of thiophene rings is 1. The minimum Gasteiger partial charge on any atom is -0.486 e. The van der Waals surface area contributed by atoms with E-state index < -0.39 is 11.8 Å². The fourth-order valence-corrected chi connectivity index (χ4v) is 5.52. The molecule has 2 aromatic carbocycles. The Balaban J connectivity index is 0.000000238. The Hall–Kier alpha value is -3.70. The first kappa shape index (κ1) is 26.2. The van der Waals surface area contributed by atoms with Crippen molar-refractivity contribution in [3.8, 4) is 22.5 Å². The van der Waals surface area contributed by atoms with Gasteiger partial charge in [0.2, 0.25) is 5.71 Å². The van der Waals surface area contributed by atoms with E-state index in [1.165, 1.54) is 0 Å². The SMILES string of the molecule is [2H]C([2H])(c1csc2ccnc(-c3[c-]ccc4c3oc3nc(C)ccc34)c12)C(C)(C)C.[Ir].[c-]1ccccc1-c1ccccn1. The van der Waals surface area contributed by atoms with E-state index in [9.17, 15) is 0 Å². The molecule has 0 aliphatic rings. The topological polar surface area (TPSA) is 51.8 Å². The molecule has 7 rings (SSSR count). The number of benzene rings is 2. The van der Waals surface area contributed by atoms with Crippen LogP contribution in [0.25, 0.3) is 54.7 Å². The molecule has 6 heteroatoms. The molecule has 0 unspecified atom stereocenters. The van der Waals surface area contributed by atoms with Gasteiger partial charge in [-0.15, -0.1) is 65.4 Å². The number of nitrogens with zero attached hydrogens (tertiary/aromatic N) is 3. The van der Waals surface area contributed by atoms with Crippen LogP contribution in [0.2, 0.25) is 0 Å². The van der Waals surface area contributed by atoms with Crippen molar-refractivity contribution < 1.29 is 27.3 Å². The summed E-state index contributed by atoms with van der Waals surface area (Å²) in [5, 5.41) is 4.66. The summed E-state index contributed by atoms with van der Waals surface area (Å²) >= 11 is 1.54. The van der Waals surface area contributed by atoms with Crippen LogP contribution in [0.15, 0.2) is 95.0 Å². The summed E-state index contributed by atoms with van der Waals surface area (Å²) in [6.07, 6.45) is 2.03. The first-order valence-electron chi connectivity index (χ1n) is 14.1. The van der Waals surface area contributed by atoms with E-state index in [4.69, 9.17) is 7.16 Å². The summed E-state index contributed by atoms with van der Waals surface area (Å²) in [6.45, 7) is 7.71. The predicted molar refractivity (Wildman–Crippen MR) is 165 cm³/mol. The fourth-order valence-electron chi connectivity index (χ4n) is 4.63. The molecule has 0 atom stereocenters. The molecule has 5 heterocycles. The Morgan fingerprint density at radius 2 is 1.76 bits per heavy atom. The van der Waals surface area contributed by atoms with E-state index in [0.29, 0.717) is 22.6 Å². The third-order valence-electron chi connectivity index (χ3n) is 6.32. The van der Waals surface area contributed by atoms with Gasteiger partial charge in [0.05, 0.1) is 5.58 Å². The molecule has 0 spiro atoms. The second-order valence-electron chi connectivity index (χ2n) is 10.6. The van der Waals surface area contributed by atoms with Crippen LogP contribution in [0.4, 0.5) is 0 Å². The molecule has 4 nitrogen and oxygen atoms in total. The average molecular weight is 734 g/mol. The quantitative estimate of drug-likeness (QED) is 0.170. The maximum absolute atomic E-state index is 8.85. The summed E-state index contributed by atoms with van der Waals surface area (Å²) < 4.78 is 24.9. The summed E-state index contributed by atoms with van der Waals surface area (Å²) in [5.74, 6) is 0. The van der Waals surface area contributed by atoms with E-state index in [-0.39, 0.29) is 20.1 Å². The van der Waals surface area contributed by atoms with Crippen molar-refractivity contribution in [1.82, 2.24) is 15.0 Å². The van der Waals surface area contributed by atoms with Gasteiger partial charge in [0.15, 0.2) is 0 Å². The zero-order valence-electron chi connectivity index (χ0n) is 25.2. The number of aryl methyl sites for hydroxylation is 1. The number of hydrogen-bond acceptors (Lipinski definition) is 5. The minimum atomic E-state index is -1.52. The average Bonchev–Trinajstić information content (AvgIpc) is 3.60. The molecule has 0 fully saturated rings. The van der Waals surface area contributed by atoms with Gasteiger partial charge >= 0.3 is 0 Å². The molecule has 5 aromatic heterocycles. The molecule has 0 aliphatic heterocycles. The van der Waals surface area contributed by atoms with E-state index in [0.717, 1.165) is 43.4 Å². The van der Waals surface area contributed by atoms with Crippen LogP contribution in [0, 0.1) is 24.5 Å². The summed E-state index contributed by atoms with van der Waals surface area (Å²) in [6, 6.07) is 29.9. The van der Waals surface area contributed by atoms with E-state index >= 15 is 0 Å². The van der Waals surface area contributed by atoms with Crippen LogP contribution in [-0.4, -0.2) is 15.0 Å². The summed E-state index contributed by atoms with van der Waals surface area (Å²) in [7, 11) is 0. The van der Waals surface area contributed by atoms with Gasteiger partial charge < -0.3 is 14.4 Å². The maximum atomic E-state index is 8.85. The van der Waals surface area contributed by atoms with Gasteiger partial charge in [-0.3, -0.25) is 0 Å². The Kier molecular flexibility index (Phi) is 7.70. The van der Waals surface area contributed by atoms with E-state index in [1.54, 1.807) is 23.7 Å². The van der Waals surface area contributed by atoms with Crippen molar-refractivity contribution in [1.29, 1.82) is 0 Å². The van der Waals surface area contributed by atoms with Crippen LogP contribution in [0.5, 0.6) is 0 Å². The molecular formula is C35H29IrN3OS-2. The third kappa shape index (κ3) is 6.15. The normalized spacial score (nSPS) is 12.4. The molecule has 0 aliphatic carbocycles. The Morgan fingerprint density at radius 1 is 0.902 bits per heavy atom. The standard InChI is InChI=1S/C24H21N2OS.C11H8N.Ir/c1-14-8-9-17-16-6-5-7-18(22(16)27-23(17)26-14)21-20-15(12-24(2,3)4)13-28-19(20)10-11-25-21;1-2-6-10(7-3-1)11-8-4-5-9-12-11;/h5-6,8-11,13H,12H2,1-4H3;1-6,8-9H;/q2*-1;/i12D2;;. The number of rotatable bonds is 3. The molecule has 0 saturated carbocycles. The molecule has 0 saturated heterocycles. The zero-order chi connectivity index (χ0) is 29.5. The van der Waals surface area contributed by atoms with Gasteiger partial charge in [-0.25, -0.2) is 4.98 Å². The van der Waals surface area contributed by atoms with Gasteiger partial charge in [-0.2, -0.15) is 0 Å². The van der Waals surface area contributed by atoms with Crippen molar-refractivity contribution in [2.45, 2.75) is 34.1 Å². The molecule has 1 radical (unpaired) electrons. The van der Waals surface area contributed by atoms with Crippen LogP contribution < -0.4 is 0 Å². The third-order valence-corrected chi connectivity index (χ3v) is 7.27. The van der Waals surface area contributed by atoms with Gasteiger partial charge in [-0.1, -0.05) is 43.9 Å². The molecule has 41 heavy (non-hydrogen) atoms. The molecule has 0 bridgehead atoms. The Bertz CT molecular complexity index is 1980. The molecule has 7 aromatic rings. The van der Waals surface area contributed by atoms with Crippen molar-refractivity contribution >= 4 is 43.5 Å². The number of aromatic nitrogens is 3. The van der Waals surface area contributed by atoms with Crippen LogP contribution in [0.3, 0.4) is 0 Å². The van der Waals surface area contributed by atoms with Gasteiger partial charge in [0, 0.05) is 56.7 Å². The number of hydrogen-bond donors (Lipinski definition) is 0. The van der Waals surface area contributed by atoms with Crippen molar-refractivity contribution in [3.05, 3.63) is 114 Å². The zero-order valence-corrected chi connectivity index (χ0v) is 26.4. The monoisotopic (exact) mass is 734 g/mol. The smallest absolute Gasteiger partial charge is 0.216 e. The van der Waals surface area contributed by atoms with Crippen molar-refractivity contribution in [3.63, 3.8) is 0 Å². The van der Waals surface area contributed by atoms with Gasteiger partial charge in [0.1, 0.15) is 0 Å². The minimum absolute atomic E-state index is 0. The van der Waals surface area contributed by atoms with E-state index in [1.807, 2.05) is 106 Å². The maximum Gasteiger partial charge on any atom is 0.216 e. The van der Waals surface area contributed by atoms with Crippen LogP contribution in [0.1, 0.15) is 34.8 Å². The van der Waals surface area contributed by atoms with Crippen molar-refractivity contribution in [2.75, 3.05) is 0 Å². The van der Waals surface area contributed by atoms with Gasteiger partial charge in [0.25, 0.3) is 0 Å². The fraction of sp³-hybridized carbons (Fsp3) is 0.171. The largest absolute Gasteiger partial charge is 0.486 e. The second kappa shape index (κ2) is 12.0. The first-order valence-corrected chi connectivity index (χ1v) is 14.0. The van der Waals surface area contributed by atoms with Gasteiger partial charge in [-0.05, 0) is 65.0 Å². The van der Waals surface area contributed by atoms with Crippen LogP contribution in [-0.2, 0) is 26.5 Å². The number of pyridine rings is 3. The van der Waals surface area contributed by atoms with Crippen LogP contribution >= 0.6 is 11.3 Å². The summed E-state index contributed by atoms with van der Waals surface area (Å²) in [4.78, 5) is 13.4. The molecule has 0 amide bonds.